The van der Waals surface area contributed by atoms with E-state index in [1.807, 2.05) is 36.9 Å². The molecule has 0 aliphatic carbocycles. The van der Waals surface area contributed by atoms with E-state index in [9.17, 15) is 0 Å². The maximum Gasteiger partial charge on any atom is 0.260 e. The molecular weight excluding hydrogens is 246 g/mol. The van der Waals surface area contributed by atoms with Crippen LogP contribution in [0.3, 0.4) is 0 Å². The molecule has 1 aromatic carbocycles. The summed E-state index contributed by atoms with van der Waals surface area (Å²) < 4.78 is 5.34. The summed E-state index contributed by atoms with van der Waals surface area (Å²) in [4.78, 5) is 4.49. The zero-order chi connectivity index (χ0) is 12.5. The van der Waals surface area contributed by atoms with Gasteiger partial charge in [0.1, 0.15) is 0 Å². The Morgan fingerprint density at radius 1 is 1.44 bits per heavy atom. The molecule has 0 spiro atoms. The lowest BCUT2D eigenvalue weighted by Gasteiger charge is -2.02. The lowest BCUT2D eigenvalue weighted by atomic mass is 10.1. The summed E-state index contributed by atoms with van der Waals surface area (Å²) >= 11 is 1.90. The van der Waals surface area contributed by atoms with Gasteiger partial charge in [-0.1, -0.05) is 16.8 Å². The molecule has 1 atom stereocenters. The maximum atomic E-state index is 5.95. The lowest BCUT2D eigenvalue weighted by molar-refractivity contribution is 0.421. The first-order chi connectivity index (χ1) is 8.74. The number of thioether (sulfide) groups is 1. The van der Waals surface area contributed by atoms with Crippen LogP contribution in [0.15, 0.2) is 22.7 Å². The Morgan fingerprint density at radius 3 is 3.11 bits per heavy atom. The number of aromatic nitrogens is 2. The summed E-state index contributed by atoms with van der Waals surface area (Å²) in [5.41, 5.74) is 8.59. The van der Waals surface area contributed by atoms with Gasteiger partial charge in [0.05, 0.1) is 10.8 Å². The normalized spacial score (nSPS) is 19.3. The van der Waals surface area contributed by atoms with Crippen LogP contribution in [0, 0.1) is 6.92 Å². The molecule has 1 aliphatic rings. The SMILES string of the molecule is Cc1ccc(N)c(-c2nc(C3CCCS3)no2)c1. The first-order valence-electron chi connectivity index (χ1n) is 6.06. The number of anilines is 1. The average Bonchev–Trinajstić information content (AvgIpc) is 3.00. The summed E-state index contributed by atoms with van der Waals surface area (Å²) in [5, 5.41) is 4.47. The summed E-state index contributed by atoms with van der Waals surface area (Å²) in [6, 6.07) is 5.83. The van der Waals surface area contributed by atoms with Crippen molar-refractivity contribution in [3.8, 4) is 11.5 Å². The highest BCUT2D eigenvalue weighted by Crippen LogP contribution is 2.39. The van der Waals surface area contributed by atoms with Crippen molar-refractivity contribution in [3.63, 3.8) is 0 Å². The molecule has 4 nitrogen and oxygen atoms in total. The van der Waals surface area contributed by atoms with Crippen molar-refractivity contribution in [1.29, 1.82) is 0 Å². The quantitative estimate of drug-likeness (QED) is 0.841. The third kappa shape index (κ3) is 2.10. The second-order valence-corrected chi connectivity index (χ2v) is 5.86. The Balaban J connectivity index is 1.94. The van der Waals surface area contributed by atoms with Gasteiger partial charge in [-0.25, -0.2) is 0 Å². The van der Waals surface area contributed by atoms with E-state index < -0.39 is 0 Å². The molecule has 1 aromatic heterocycles. The average molecular weight is 261 g/mol. The Kier molecular flexibility index (Phi) is 2.99. The molecule has 2 heterocycles. The monoisotopic (exact) mass is 261 g/mol. The molecule has 2 aromatic rings. The molecule has 1 aliphatic heterocycles. The first-order valence-corrected chi connectivity index (χ1v) is 7.10. The molecule has 1 unspecified atom stereocenters. The van der Waals surface area contributed by atoms with Gasteiger partial charge in [0.2, 0.25) is 0 Å². The summed E-state index contributed by atoms with van der Waals surface area (Å²) in [5.74, 6) is 2.51. The molecule has 0 bridgehead atoms. The predicted octanol–water partition coefficient (Wildman–Crippen LogP) is 3.20. The molecule has 18 heavy (non-hydrogen) atoms. The van der Waals surface area contributed by atoms with E-state index in [4.69, 9.17) is 10.3 Å². The van der Waals surface area contributed by atoms with Crippen molar-refractivity contribution in [3.05, 3.63) is 29.6 Å². The van der Waals surface area contributed by atoms with Crippen LogP contribution in [0.4, 0.5) is 5.69 Å². The van der Waals surface area contributed by atoms with Crippen LogP contribution in [-0.4, -0.2) is 15.9 Å². The zero-order valence-electron chi connectivity index (χ0n) is 10.2. The summed E-state index contributed by atoms with van der Waals surface area (Å²) in [6.45, 7) is 2.02. The van der Waals surface area contributed by atoms with E-state index in [0.717, 1.165) is 23.4 Å². The highest BCUT2D eigenvalue weighted by molar-refractivity contribution is 7.99. The van der Waals surface area contributed by atoms with Gasteiger partial charge in [-0.3, -0.25) is 0 Å². The minimum atomic E-state index is 0.383. The van der Waals surface area contributed by atoms with Crippen molar-refractivity contribution < 1.29 is 4.52 Å². The van der Waals surface area contributed by atoms with E-state index in [0.29, 0.717) is 16.8 Å². The lowest BCUT2D eigenvalue weighted by Crippen LogP contribution is -1.93. The second-order valence-electron chi connectivity index (χ2n) is 4.55. The number of nitrogens with zero attached hydrogens (tertiary/aromatic N) is 2. The Labute approximate surface area is 110 Å². The molecule has 1 fully saturated rings. The van der Waals surface area contributed by atoms with Crippen LogP contribution in [0.25, 0.3) is 11.5 Å². The highest BCUT2D eigenvalue weighted by Gasteiger charge is 2.23. The van der Waals surface area contributed by atoms with Gasteiger partial charge in [-0.05, 0) is 37.7 Å². The molecule has 1 saturated heterocycles. The van der Waals surface area contributed by atoms with E-state index in [2.05, 4.69) is 10.1 Å². The third-order valence-electron chi connectivity index (χ3n) is 3.10. The standard InChI is InChI=1S/C13H15N3OS/c1-8-4-5-10(14)9(7-8)13-15-12(16-17-13)11-3-2-6-18-11/h4-5,7,11H,2-3,6,14H2,1H3. The number of rotatable bonds is 2. The van der Waals surface area contributed by atoms with Crippen molar-refractivity contribution in [1.82, 2.24) is 10.1 Å². The number of hydrogen-bond donors (Lipinski definition) is 1. The van der Waals surface area contributed by atoms with Gasteiger partial charge in [-0.15, -0.1) is 0 Å². The minimum absolute atomic E-state index is 0.383. The molecule has 2 N–H and O–H groups in total. The minimum Gasteiger partial charge on any atom is -0.398 e. The number of nitrogens with two attached hydrogens (primary N) is 1. The maximum absolute atomic E-state index is 5.95. The van der Waals surface area contributed by atoms with Gasteiger partial charge >= 0.3 is 0 Å². The van der Waals surface area contributed by atoms with Gasteiger partial charge in [-0.2, -0.15) is 16.7 Å². The predicted molar refractivity (Wildman–Crippen MR) is 73.3 cm³/mol. The van der Waals surface area contributed by atoms with Gasteiger partial charge < -0.3 is 10.3 Å². The van der Waals surface area contributed by atoms with E-state index in [-0.39, 0.29) is 0 Å². The highest BCUT2D eigenvalue weighted by atomic mass is 32.2. The topological polar surface area (TPSA) is 64.9 Å². The fraction of sp³-hybridized carbons (Fsp3) is 0.385. The Morgan fingerprint density at radius 2 is 2.33 bits per heavy atom. The van der Waals surface area contributed by atoms with Crippen molar-refractivity contribution in [2.45, 2.75) is 25.0 Å². The van der Waals surface area contributed by atoms with E-state index in [1.54, 1.807) is 0 Å². The third-order valence-corrected chi connectivity index (χ3v) is 4.47. The molecule has 0 amide bonds. The van der Waals surface area contributed by atoms with E-state index >= 15 is 0 Å². The second kappa shape index (κ2) is 4.65. The molecule has 3 rings (SSSR count). The van der Waals surface area contributed by atoms with Crippen LogP contribution in [0.5, 0.6) is 0 Å². The fourth-order valence-corrected chi connectivity index (χ4v) is 3.31. The smallest absolute Gasteiger partial charge is 0.260 e. The molecule has 0 radical (unpaired) electrons. The van der Waals surface area contributed by atoms with Crippen LogP contribution >= 0.6 is 11.8 Å². The number of nitrogen functional groups attached to an aromatic ring is 1. The van der Waals surface area contributed by atoms with E-state index in [1.165, 1.54) is 12.2 Å². The van der Waals surface area contributed by atoms with Crippen molar-refractivity contribution in [2.24, 2.45) is 0 Å². The van der Waals surface area contributed by atoms with Crippen molar-refractivity contribution in [2.75, 3.05) is 11.5 Å². The van der Waals surface area contributed by atoms with Crippen LogP contribution in [-0.2, 0) is 0 Å². The molecule has 5 heteroatoms. The van der Waals surface area contributed by atoms with Gasteiger partial charge in [0, 0.05) is 5.69 Å². The van der Waals surface area contributed by atoms with Gasteiger partial charge in [0.25, 0.3) is 5.89 Å². The number of benzene rings is 1. The number of aryl methyl sites for hydroxylation is 1. The summed E-state index contributed by atoms with van der Waals surface area (Å²) in [7, 11) is 0. The molecule has 94 valence electrons. The Hall–Kier alpha value is -1.49. The first kappa shape index (κ1) is 11.6. The molecule has 0 saturated carbocycles. The fourth-order valence-electron chi connectivity index (χ4n) is 2.11. The van der Waals surface area contributed by atoms with Crippen LogP contribution < -0.4 is 5.73 Å². The van der Waals surface area contributed by atoms with Crippen molar-refractivity contribution >= 4 is 17.4 Å². The zero-order valence-corrected chi connectivity index (χ0v) is 11.0. The largest absolute Gasteiger partial charge is 0.398 e. The molecular formula is C13H15N3OS. The Bertz CT molecular complexity index is 561. The van der Waals surface area contributed by atoms with Crippen LogP contribution in [0.1, 0.15) is 29.5 Å². The summed E-state index contributed by atoms with van der Waals surface area (Å²) in [6.07, 6.45) is 2.36. The van der Waals surface area contributed by atoms with Gasteiger partial charge in [0.15, 0.2) is 5.82 Å². The number of hydrogen-bond acceptors (Lipinski definition) is 5. The van der Waals surface area contributed by atoms with Crippen LogP contribution in [0.2, 0.25) is 0 Å².